The molecule has 1 aliphatic heterocycles. The SMILES string of the molecule is CS(=O)(=O)NCc1cccc(-c2ccc(N3CCC[C@@H](NC(=O)Nc4ccc(C(F)(F)F)cn4)C3=O)cc2)c1. The number of carbonyl (C=O) groups is 2. The molecule has 4 rings (SSSR count). The summed E-state index contributed by atoms with van der Waals surface area (Å²) < 4.78 is 63.3. The second-order valence-corrected chi connectivity index (χ2v) is 10.9. The van der Waals surface area contributed by atoms with Gasteiger partial charge in [0, 0.05) is 25.0 Å². The second-order valence-electron chi connectivity index (χ2n) is 9.05. The van der Waals surface area contributed by atoms with Crippen LogP contribution in [0.1, 0.15) is 24.0 Å². The summed E-state index contributed by atoms with van der Waals surface area (Å²) in [6.07, 6.45) is -1.77. The molecule has 1 atom stereocenters. The summed E-state index contributed by atoms with van der Waals surface area (Å²) in [6, 6.07) is 15.0. The molecule has 39 heavy (non-hydrogen) atoms. The molecule has 3 N–H and O–H groups in total. The fourth-order valence-corrected chi connectivity index (χ4v) is 4.55. The molecule has 0 radical (unpaired) electrons. The number of piperidine rings is 1. The number of sulfonamides is 1. The fourth-order valence-electron chi connectivity index (χ4n) is 4.12. The molecule has 13 heteroatoms. The highest BCUT2D eigenvalue weighted by atomic mass is 32.2. The maximum absolute atomic E-state index is 13.1. The van der Waals surface area contributed by atoms with Gasteiger partial charge < -0.3 is 10.2 Å². The van der Waals surface area contributed by atoms with E-state index >= 15 is 0 Å². The van der Waals surface area contributed by atoms with E-state index in [0.717, 1.165) is 35.1 Å². The minimum Gasteiger partial charge on any atom is -0.326 e. The van der Waals surface area contributed by atoms with Gasteiger partial charge >= 0.3 is 12.2 Å². The molecule has 0 unspecified atom stereocenters. The number of urea groups is 1. The first-order valence-corrected chi connectivity index (χ1v) is 13.8. The van der Waals surface area contributed by atoms with Crippen LogP contribution < -0.4 is 20.3 Å². The number of benzene rings is 2. The molecule has 0 saturated carbocycles. The van der Waals surface area contributed by atoms with E-state index in [4.69, 9.17) is 0 Å². The predicted octanol–water partition coefficient (Wildman–Crippen LogP) is 4.13. The average Bonchev–Trinajstić information content (AvgIpc) is 2.88. The maximum Gasteiger partial charge on any atom is 0.417 e. The van der Waals surface area contributed by atoms with Crippen LogP contribution in [0.4, 0.5) is 29.5 Å². The third-order valence-corrected chi connectivity index (χ3v) is 6.72. The lowest BCUT2D eigenvalue weighted by Gasteiger charge is -2.32. The number of nitrogens with one attached hydrogen (secondary N) is 3. The monoisotopic (exact) mass is 561 g/mol. The van der Waals surface area contributed by atoms with Crippen LogP contribution in [0.15, 0.2) is 66.9 Å². The summed E-state index contributed by atoms with van der Waals surface area (Å²) in [7, 11) is -3.32. The molecular formula is C26H26F3N5O4S. The van der Waals surface area contributed by atoms with Crippen molar-refractivity contribution in [3.05, 3.63) is 78.0 Å². The minimum absolute atomic E-state index is 0.0765. The molecule has 9 nitrogen and oxygen atoms in total. The van der Waals surface area contributed by atoms with Gasteiger partial charge in [-0.2, -0.15) is 13.2 Å². The van der Waals surface area contributed by atoms with Crippen molar-refractivity contribution in [3.8, 4) is 11.1 Å². The zero-order chi connectivity index (χ0) is 28.2. The van der Waals surface area contributed by atoms with Crippen LogP contribution in [0.5, 0.6) is 0 Å². The molecule has 2 heterocycles. The molecule has 3 amide bonds. The molecule has 3 aromatic rings. The lowest BCUT2D eigenvalue weighted by atomic mass is 10.0. The van der Waals surface area contributed by atoms with E-state index in [2.05, 4.69) is 20.3 Å². The van der Waals surface area contributed by atoms with Gasteiger partial charge in [0.15, 0.2) is 0 Å². The first-order chi connectivity index (χ1) is 18.4. The quantitative estimate of drug-likeness (QED) is 0.401. The molecule has 1 fully saturated rings. The van der Waals surface area contributed by atoms with Crippen LogP contribution in [-0.4, -0.2) is 44.2 Å². The Hall–Kier alpha value is -3.97. The fraction of sp³-hybridized carbons (Fsp3) is 0.269. The Morgan fingerprint density at radius 1 is 1.08 bits per heavy atom. The lowest BCUT2D eigenvalue weighted by molar-refractivity contribution is -0.137. The largest absolute Gasteiger partial charge is 0.417 e. The number of amides is 3. The number of hydrogen-bond acceptors (Lipinski definition) is 5. The number of pyridine rings is 1. The Balaban J connectivity index is 1.38. The minimum atomic E-state index is -4.54. The summed E-state index contributed by atoms with van der Waals surface area (Å²) in [5, 5.41) is 4.93. The van der Waals surface area contributed by atoms with Crippen LogP contribution >= 0.6 is 0 Å². The topological polar surface area (TPSA) is 120 Å². The molecule has 206 valence electrons. The van der Waals surface area contributed by atoms with E-state index in [0.29, 0.717) is 31.3 Å². The van der Waals surface area contributed by atoms with E-state index < -0.39 is 33.8 Å². The summed E-state index contributed by atoms with van der Waals surface area (Å²) in [6.45, 7) is 0.634. The second kappa shape index (κ2) is 11.4. The first-order valence-electron chi connectivity index (χ1n) is 12.0. The highest BCUT2D eigenvalue weighted by Gasteiger charge is 2.32. The highest BCUT2D eigenvalue weighted by Crippen LogP contribution is 2.29. The number of hydrogen-bond donors (Lipinski definition) is 3. The Morgan fingerprint density at radius 3 is 2.46 bits per heavy atom. The van der Waals surface area contributed by atoms with Crippen LogP contribution in [-0.2, 0) is 27.5 Å². The van der Waals surface area contributed by atoms with Crippen molar-refractivity contribution in [2.75, 3.05) is 23.0 Å². The van der Waals surface area contributed by atoms with Gasteiger partial charge in [-0.15, -0.1) is 0 Å². The zero-order valence-corrected chi connectivity index (χ0v) is 21.6. The smallest absolute Gasteiger partial charge is 0.326 e. The molecule has 1 aliphatic rings. The van der Waals surface area contributed by atoms with Crippen LogP contribution in [0.25, 0.3) is 11.1 Å². The number of carbonyl (C=O) groups excluding carboxylic acids is 2. The van der Waals surface area contributed by atoms with Crippen LogP contribution in [0, 0.1) is 0 Å². The summed E-state index contributed by atoms with van der Waals surface area (Å²) in [5.74, 6) is -0.384. The summed E-state index contributed by atoms with van der Waals surface area (Å²) in [5.41, 5.74) is 2.27. The Kier molecular flexibility index (Phi) is 8.21. The van der Waals surface area contributed by atoms with Gasteiger partial charge in [0.25, 0.3) is 0 Å². The standard InChI is InChI=1S/C26H26F3N5O4S/c1-39(37,38)31-15-17-4-2-5-19(14-17)18-7-10-21(11-8-18)34-13-3-6-22(24(34)35)32-25(36)33-23-12-9-20(16-30-23)26(27,28)29/h2,4-5,7-12,14,16,22,31H,3,6,13,15H2,1H3,(H2,30,32,33,36)/t22-/m1/s1. The normalized spacial score (nSPS) is 16.2. The molecule has 0 aliphatic carbocycles. The van der Waals surface area contributed by atoms with Crippen molar-refractivity contribution in [3.63, 3.8) is 0 Å². The molecule has 0 spiro atoms. The number of alkyl halides is 3. The van der Waals surface area contributed by atoms with E-state index in [9.17, 15) is 31.2 Å². The molecule has 2 aromatic carbocycles. The van der Waals surface area contributed by atoms with E-state index in [-0.39, 0.29) is 18.3 Å². The van der Waals surface area contributed by atoms with Gasteiger partial charge in [-0.3, -0.25) is 10.1 Å². The van der Waals surface area contributed by atoms with Crippen LogP contribution in [0.3, 0.4) is 0 Å². The van der Waals surface area contributed by atoms with Crippen molar-refractivity contribution >= 4 is 33.5 Å². The summed E-state index contributed by atoms with van der Waals surface area (Å²) >= 11 is 0. The maximum atomic E-state index is 13.1. The zero-order valence-electron chi connectivity index (χ0n) is 20.8. The van der Waals surface area contributed by atoms with Gasteiger partial charge in [-0.1, -0.05) is 30.3 Å². The van der Waals surface area contributed by atoms with Crippen molar-refractivity contribution in [2.24, 2.45) is 0 Å². The van der Waals surface area contributed by atoms with Gasteiger partial charge in [0.05, 0.1) is 11.8 Å². The number of aromatic nitrogens is 1. The van der Waals surface area contributed by atoms with E-state index in [1.165, 1.54) is 0 Å². The Labute approximate surface area is 223 Å². The molecule has 1 aromatic heterocycles. The number of halogens is 3. The third-order valence-electron chi connectivity index (χ3n) is 6.05. The van der Waals surface area contributed by atoms with Crippen molar-refractivity contribution in [2.45, 2.75) is 31.6 Å². The Morgan fingerprint density at radius 2 is 1.82 bits per heavy atom. The summed E-state index contributed by atoms with van der Waals surface area (Å²) in [4.78, 5) is 30.7. The van der Waals surface area contributed by atoms with E-state index in [1.807, 2.05) is 36.4 Å². The molecular weight excluding hydrogens is 535 g/mol. The van der Waals surface area contributed by atoms with Gasteiger partial charge in [-0.25, -0.2) is 22.9 Å². The third kappa shape index (κ3) is 7.54. The van der Waals surface area contributed by atoms with E-state index in [1.54, 1.807) is 17.0 Å². The Bertz CT molecular complexity index is 1450. The average molecular weight is 562 g/mol. The first kappa shape index (κ1) is 28.0. The predicted molar refractivity (Wildman–Crippen MR) is 140 cm³/mol. The number of rotatable bonds is 7. The van der Waals surface area contributed by atoms with Gasteiger partial charge in [0.1, 0.15) is 11.9 Å². The lowest BCUT2D eigenvalue weighted by Crippen LogP contribution is -2.53. The van der Waals surface area contributed by atoms with Crippen LogP contribution in [0.2, 0.25) is 0 Å². The number of nitrogens with zero attached hydrogens (tertiary/aromatic N) is 2. The molecule has 0 bridgehead atoms. The van der Waals surface area contributed by atoms with Crippen molar-refractivity contribution in [1.29, 1.82) is 0 Å². The number of anilines is 2. The molecule has 1 saturated heterocycles. The highest BCUT2D eigenvalue weighted by molar-refractivity contribution is 7.88. The van der Waals surface area contributed by atoms with Crippen molar-refractivity contribution in [1.82, 2.24) is 15.0 Å². The van der Waals surface area contributed by atoms with Gasteiger partial charge in [-0.05, 0) is 59.9 Å². The van der Waals surface area contributed by atoms with Crippen molar-refractivity contribution < 1.29 is 31.2 Å². The van der Waals surface area contributed by atoms with Gasteiger partial charge in [0.2, 0.25) is 15.9 Å².